The van der Waals surface area contributed by atoms with E-state index in [1.54, 1.807) is 35.1 Å². The molecule has 10 heteroatoms. The zero-order valence-corrected chi connectivity index (χ0v) is 22.7. The van der Waals surface area contributed by atoms with Gasteiger partial charge in [0.1, 0.15) is 11.6 Å². The maximum absolute atomic E-state index is 14.9. The summed E-state index contributed by atoms with van der Waals surface area (Å²) in [5.41, 5.74) is 3.10. The number of aryl methyl sites for hydroxylation is 1. The van der Waals surface area contributed by atoms with Crippen molar-refractivity contribution in [3.05, 3.63) is 107 Å². The van der Waals surface area contributed by atoms with Gasteiger partial charge in [-0.15, -0.1) is 0 Å². The number of aromatic nitrogens is 2. The molecule has 0 saturated heterocycles. The number of fused-ring (bicyclic) bond motifs is 2. The van der Waals surface area contributed by atoms with E-state index in [9.17, 15) is 22.3 Å². The normalized spacial score (nSPS) is 22.1. The maximum Gasteiger partial charge on any atom is 0.274 e. The van der Waals surface area contributed by atoms with Gasteiger partial charge < -0.3 is 9.52 Å². The first kappa shape index (κ1) is 26.6. The SMILES string of the molecule is C[C@]12Cc3cnn(-c4ccc(F)cc4)c3C=C1CC[C@@]2(O)CCc1cccc(F)c1CNS(=O)(=O)c1ccco1. The third-order valence-electron chi connectivity index (χ3n) is 8.58. The van der Waals surface area contributed by atoms with Crippen LogP contribution in [0.15, 0.2) is 82.1 Å². The molecule has 208 valence electrons. The Morgan fingerprint density at radius 3 is 2.67 bits per heavy atom. The molecule has 1 saturated carbocycles. The van der Waals surface area contributed by atoms with Crippen LogP contribution in [0.1, 0.15) is 48.6 Å². The van der Waals surface area contributed by atoms with Gasteiger partial charge in [0, 0.05) is 17.5 Å². The largest absolute Gasteiger partial charge is 0.452 e. The molecular weight excluding hydrogens is 536 g/mol. The fourth-order valence-corrected chi connectivity index (χ4v) is 7.07. The molecule has 40 heavy (non-hydrogen) atoms. The summed E-state index contributed by atoms with van der Waals surface area (Å²) in [6, 6.07) is 13.6. The highest BCUT2D eigenvalue weighted by molar-refractivity contribution is 7.89. The molecule has 0 aliphatic heterocycles. The molecule has 2 aliphatic rings. The van der Waals surface area contributed by atoms with Crippen molar-refractivity contribution in [3.8, 4) is 5.69 Å². The van der Waals surface area contributed by atoms with Crippen LogP contribution in [-0.4, -0.2) is 28.9 Å². The van der Waals surface area contributed by atoms with Crippen molar-refractivity contribution in [2.75, 3.05) is 0 Å². The van der Waals surface area contributed by atoms with Crippen LogP contribution in [0, 0.1) is 17.0 Å². The first-order valence-electron chi connectivity index (χ1n) is 13.2. The summed E-state index contributed by atoms with van der Waals surface area (Å²) in [7, 11) is -3.93. The van der Waals surface area contributed by atoms with Crippen LogP contribution in [0.3, 0.4) is 0 Å². The van der Waals surface area contributed by atoms with Gasteiger partial charge in [0.25, 0.3) is 10.0 Å². The molecule has 2 aromatic heterocycles. The minimum Gasteiger partial charge on any atom is -0.452 e. The van der Waals surface area contributed by atoms with E-state index in [2.05, 4.69) is 22.8 Å². The lowest BCUT2D eigenvalue weighted by Crippen LogP contribution is -2.45. The molecule has 0 spiro atoms. The first-order valence-corrected chi connectivity index (χ1v) is 14.6. The molecule has 0 unspecified atom stereocenters. The Morgan fingerprint density at radius 1 is 1.12 bits per heavy atom. The third kappa shape index (κ3) is 4.49. The summed E-state index contributed by atoms with van der Waals surface area (Å²) in [4.78, 5) is 0. The number of hydrogen-bond donors (Lipinski definition) is 2. The molecule has 7 nitrogen and oxygen atoms in total. The van der Waals surface area contributed by atoms with Crippen molar-refractivity contribution >= 4 is 16.1 Å². The molecule has 2 aromatic carbocycles. The van der Waals surface area contributed by atoms with Crippen molar-refractivity contribution in [3.63, 3.8) is 0 Å². The van der Waals surface area contributed by atoms with Crippen molar-refractivity contribution < 1.29 is 26.7 Å². The molecule has 2 atom stereocenters. The molecule has 1 fully saturated rings. The number of rotatable bonds is 8. The molecule has 2 aliphatic carbocycles. The van der Waals surface area contributed by atoms with Gasteiger partial charge in [-0.3, -0.25) is 0 Å². The zero-order valence-electron chi connectivity index (χ0n) is 21.9. The highest BCUT2D eigenvalue weighted by Gasteiger charge is 2.54. The lowest BCUT2D eigenvalue weighted by molar-refractivity contribution is -0.0462. The number of sulfonamides is 1. The van der Waals surface area contributed by atoms with Crippen molar-refractivity contribution in [2.45, 2.75) is 56.3 Å². The van der Waals surface area contributed by atoms with Gasteiger partial charge in [0.05, 0.1) is 29.4 Å². The Labute approximate surface area is 231 Å². The predicted molar refractivity (Wildman–Crippen MR) is 145 cm³/mol. The highest BCUT2D eigenvalue weighted by atomic mass is 32.2. The van der Waals surface area contributed by atoms with Crippen LogP contribution in [0.5, 0.6) is 0 Å². The fourth-order valence-electron chi connectivity index (χ4n) is 6.15. The third-order valence-corrected chi connectivity index (χ3v) is 9.87. The molecule has 2 N–H and O–H groups in total. The number of benzene rings is 2. The lowest BCUT2D eigenvalue weighted by atomic mass is 9.65. The summed E-state index contributed by atoms with van der Waals surface area (Å²) < 4.78 is 62.6. The van der Waals surface area contributed by atoms with Gasteiger partial charge in [0.2, 0.25) is 5.09 Å². The highest BCUT2D eigenvalue weighted by Crippen LogP contribution is 2.56. The Morgan fingerprint density at radius 2 is 1.93 bits per heavy atom. The Balaban J connectivity index is 1.22. The van der Waals surface area contributed by atoms with E-state index in [1.165, 1.54) is 36.6 Å². The van der Waals surface area contributed by atoms with Crippen LogP contribution < -0.4 is 4.72 Å². The van der Waals surface area contributed by atoms with Gasteiger partial charge >= 0.3 is 0 Å². The van der Waals surface area contributed by atoms with E-state index in [0.717, 1.165) is 22.5 Å². The van der Waals surface area contributed by atoms with Crippen molar-refractivity contribution in [1.29, 1.82) is 0 Å². The molecule has 4 aromatic rings. The van der Waals surface area contributed by atoms with Gasteiger partial charge in [-0.1, -0.05) is 24.6 Å². The van der Waals surface area contributed by atoms with Gasteiger partial charge in [-0.05, 0) is 91.8 Å². The van der Waals surface area contributed by atoms with E-state index >= 15 is 0 Å². The van der Waals surface area contributed by atoms with Crippen LogP contribution in [0.2, 0.25) is 0 Å². The smallest absolute Gasteiger partial charge is 0.274 e. The summed E-state index contributed by atoms with van der Waals surface area (Å²) in [5, 5.41) is 16.3. The maximum atomic E-state index is 14.9. The van der Waals surface area contributed by atoms with Crippen LogP contribution in [0.25, 0.3) is 11.8 Å². The summed E-state index contributed by atoms with van der Waals surface area (Å²) in [6.45, 7) is 1.83. The topological polar surface area (TPSA) is 97.4 Å². The van der Waals surface area contributed by atoms with E-state index < -0.39 is 26.9 Å². The van der Waals surface area contributed by atoms with Crippen molar-refractivity contribution in [1.82, 2.24) is 14.5 Å². The second-order valence-electron chi connectivity index (χ2n) is 10.8. The minimum absolute atomic E-state index is 0.238. The van der Waals surface area contributed by atoms with Gasteiger partial charge in [-0.25, -0.2) is 26.6 Å². The molecule has 2 heterocycles. The minimum atomic E-state index is -3.93. The number of nitrogens with one attached hydrogen (secondary N) is 1. The van der Waals surface area contributed by atoms with E-state index in [-0.39, 0.29) is 23.0 Å². The summed E-state index contributed by atoms with van der Waals surface area (Å²) in [6.07, 6.45) is 7.75. The van der Waals surface area contributed by atoms with Crippen molar-refractivity contribution in [2.24, 2.45) is 5.41 Å². The monoisotopic (exact) mass is 565 g/mol. The van der Waals surface area contributed by atoms with E-state index in [0.29, 0.717) is 37.7 Å². The standard InChI is InChI=1S/C30H29F2N3O4S/c1-29-17-21-18-33-35(24-9-7-23(31)8-10-24)27(21)16-22(29)12-14-30(29,36)13-11-20-4-2-5-26(32)25(20)19-34-40(37,38)28-6-3-15-39-28/h2-10,15-16,18,34,36H,11-14,17,19H2,1H3/t29-,30-/m0/s1. The molecule has 0 amide bonds. The second kappa shape index (κ2) is 9.79. The van der Waals surface area contributed by atoms with Crippen LogP contribution in [0.4, 0.5) is 8.78 Å². The Bertz CT molecular complexity index is 1700. The van der Waals surface area contributed by atoms with Gasteiger partial charge in [0.15, 0.2) is 0 Å². The lowest BCUT2D eigenvalue weighted by Gasteiger charge is -2.42. The fraction of sp³-hybridized carbons (Fsp3) is 0.300. The average Bonchev–Trinajstić information content (AvgIpc) is 3.66. The first-order chi connectivity index (χ1) is 19.1. The average molecular weight is 566 g/mol. The molecule has 0 radical (unpaired) electrons. The van der Waals surface area contributed by atoms with E-state index in [1.807, 2.05) is 0 Å². The number of nitrogens with zero attached hydrogens (tertiary/aromatic N) is 2. The molecule has 0 bridgehead atoms. The second-order valence-corrected chi connectivity index (χ2v) is 12.5. The summed E-state index contributed by atoms with van der Waals surface area (Å²) in [5.74, 6) is -0.826. The predicted octanol–water partition coefficient (Wildman–Crippen LogP) is 5.33. The number of hydrogen-bond acceptors (Lipinski definition) is 5. The number of halogens is 2. The molecular formula is C30H29F2N3O4S. The number of furan rings is 1. The Hall–Kier alpha value is -3.60. The van der Waals surface area contributed by atoms with Crippen LogP contribution in [-0.2, 0) is 29.4 Å². The number of aliphatic hydroxyl groups is 1. The summed E-state index contributed by atoms with van der Waals surface area (Å²) >= 11 is 0. The zero-order chi connectivity index (χ0) is 28.1. The van der Waals surface area contributed by atoms with Gasteiger partial charge in [-0.2, -0.15) is 5.10 Å². The quantitative estimate of drug-likeness (QED) is 0.301. The molecule has 6 rings (SSSR count). The van der Waals surface area contributed by atoms with E-state index in [4.69, 9.17) is 4.42 Å². The Kier molecular flexibility index (Phi) is 6.52. The van der Waals surface area contributed by atoms with Crippen LogP contribution >= 0.6 is 0 Å².